The molecule has 2 saturated heterocycles. The fourth-order valence-corrected chi connectivity index (χ4v) is 11.5. The third-order valence-corrected chi connectivity index (χ3v) is 16.1. The molecule has 0 bridgehead atoms. The predicted molar refractivity (Wildman–Crippen MR) is 281 cm³/mol. The predicted octanol–water partition coefficient (Wildman–Crippen LogP) is 5.10. The van der Waals surface area contributed by atoms with Crippen molar-refractivity contribution in [2.45, 2.75) is 127 Å². The molecule has 5 heterocycles. The van der Waals surface area contributed by atoms with E-state index in [1.54, 1.807) is 20.2 Å². The number of aromatic amines is 1. The Morgan fingerprint density at radius 1 is 0.740 bits per heavy atom. The second kappa shape index (κ2) is 25.5. The number of nitrogens with two attached hydrogens (primary N) is 1. The molecular weight excluding hydrogens is 977 g/mol. The fraction of sp³-hybridized carbons (Fsp3) is 0.560. The Morgan fingerprint density at radius 3 is 1.81 bits per heavy atom. The topological polar surface area (TPSA) is 271 Å². The Balaban J connectivity index is 0.000000238. The SMILES string of the molecule is CCCOc1ccc(S(=O)(=O)NCCC2CCCN2C)cc1-c1nc2c(CCC)nn(C)c2c(=O)[nH]1.CCCOc1ccc(S(=O)(=O)NCCC2CCCN2C)cc1C(=O)Nc1c(CCC)nn(C)c1C(N)=O. The van der Waals surface area contributed by atoms with Gasteiger partial charge in [-0.25, -0.2) is 31.3 Å². The summed E-state index contributed by atoms with van der Waals surface area (Å²) < 4.78 is 72.3. The van der Waals surface area contributed by atoms with Gasteiger partial charge >= 0.3 is 0 Å². The van der Waals surface area contributed by atoms with Crippen molar-refractivity contribution in [3.05, 3.63) is 69.4 Å². The minimum Gasteiger partial charge on any atom is -0.493 e. The highest BCUT2D eigenvalue weighted by molar-refractivity contribution is 7.89. The van der Waals surface area contributed by atoms with Crippen LogP contribution in [0, 0.1) is 0 Å². The van der Waals surface area contributed by atoms with Crippen LogP contribution in [-0.2, 0) is 47.0 Å². The summed E-state index contributed by atoms with van der Waals surface area (Å²) in [7, 11) is -0.212. The van der Waals surface area contributed by atoms with Crippen LogP contribution in [0.2, 0.25) is 0 Å². The van der Waals surface area contributed by atoms with Crippen molar-refractivity contribution in [3.8, 4) is 22.9 Å². The van der Waals surface area contributed by atoms with E-state index >= 15 is 0 Å². The van der Waals surface area contributed by atoms with Crippen molar-refractivity contribution in [1.82, 2.24) is 48.8 Å². The monoisotopic (exact) mass is 1050 g/mol. The summed E-state index contributed by atoms with van der Waals surface area (Å²) in [6.07, 6.45) is 10.1. The zero-order valence-electron chi connectivity index (χ0n) is 43.5. The van der Waals surface area contributed by atoms with E-state index in [1.165, 1.54) is 39.7 Å². The van der Waals surface area contributed by atoms with Gasteiger partial charge in [0.25, 0.3) is 17.4 Å². The molecule has 0 aliphatic carbocycles. The van der Waals surface area contributed by atoms with Crippen LogP contribution in [0.5, 0.6) is 11.5 Å². The van der Waals surface area contributed by atoms with E-state index in [0.29, 0.717) is 92.1 Å². The molecular formula is C50H74N12O9S2. The van der Waals surface area contributed by atoms with Crippen LogP contribution < -0.4 is 35.5 Å². The normalized spacial score (nSPS) is 16.4. The number of hydrogen-bond donors (Lipinski definition) is 5. The molecule has 400 valence electrons. The number of rotatable bonds is 24. The first kappa shape index (κ1) is 56.6. The van der Waals surface area contributed by atoms with Crippen molar-refractivity contribution in [3.63, 3.8) is 0 Å². The Labute approximate surface area is 429 Å². The first-order valence-electron chi connectivity index (χ1n) is 25.4. The van der Waals surface area contributed by atoms with Crippen molar-refractivity contribution in [2.75, 3.05) is 58.8 Å². The molecule has 2 aromatic carbocycles. The first-order valence-corrected chi connectivity index (χ1v) is 28.4. The Morgan fingerprint density at radius 2 is 1.27 bits per heavy atom. The maximum absolute atomic E-state index is 13.4. The quantitative estimate of drug-likeness (QED) is 0.0538. The van der Waals surface area contributed by atoms with E-state index in [0.717, 1.165) is 70.2 Å². The highest BCUT2D eigenvalue weighted by Gasteiger charge is 2.28. The standard InChI is InChI=1S/C25H38N6O5S.C25H36N6O4S/c1-5-8-20-22(23(24(26)32)31(4)29-20)28-25(33)19-16-18(10-11-21(19)36-15-6-2)37(34,35)27-13-12-17-9-7-14-30(17)3;1-5-8-20-22-23(31(4)29-20)25(32)28-24(27-22)19-16-18(10-11-21(19)35-15-6-2)36(33,34)26-13-12-17-9-7-14-30(17)3/h10-11,16-17,27H,5-9,12-15H2,1-4H3,(H2,26,32)(H,28,33);10-11,16-17,26H,5-9,12-15H2,1-4H3,(H,27,28,32). The largest absolute Gasteiger partial charge is 0.493 e. The number of hydrogen-bond acceptors (Lipinski definition) is 14. The highest BCUT2D eigenvalue weighted by atomic mass is 32.2. The molecule has 2 atom stereocenters. The van der Waals surface area contributed by atoms with E-state index in [1.807, 2.05) is 34.7 Å². The molecule has 73 heavy (non-hydrogen) atoms. The fourth-order valence-electron chi connectivity index (χ4n) is 9.33. The molecule has 0 spiro atoms. The summed E-state index contributed by atoms with van der Waals surface area (Å²) in [6, 6.07) is 9.63. The molecule has 0 radical (unpaired) electrons. The summed E-state index contributed by atoms with van der Waals surface area (Å²) in [5.41, 5.74) is 8.12. The van der Waals surface area contributed by atoms with Crippen molar-refractivity contribution < 1.29 is 35.9 Å². The Bertz CT molecular complexity index is 3010. The average Bonchev–Trinajstić information content (AvgIpc) is 4.12. The minimum absolute atomic E-state index is 0.0357. The lowest BCUT2D eigenvalue weighted by molar-refractivity contribution is 0.0992. The van der Waals surface area contributed by atoms with Gasteiger partial charge in [-0.05, 0) is 128 Å². The van der Waals surface area contributed by atoms with Crippen LogP contribution in [-0.4, -0.2) is 134 Å². The number of sulfonamides is 2. The van der Waals surface area contributed by atoms with Gasteiger partial charge in [-0.1, -0.05) is 40.5 Å². The van der Waals surface area contributed by atoms with Gasteiger partial charge in [-0.2, -0.15) is 10.2 Å². The number of amides is 2. The van der Waals surface area contributed by atoms with Gasteiger partial charge in [0.1, 0.15) is 28.5 Å². The first-order chi connectivity index (χ1) is 34.8. The smallest absolute Gasteiger partial charge is 0.277 e. The van der Waals surface area contributed by atoms with Crippen LogP contribution in [0.3, 0.4) is 0 Å². The zero-order chi connectivity index (χ0) is 53.0. The average molecular weight is 1050 g/mol. The highest BCUT2D eigenvalue weighted by Crippen LogP contribution is 2.32. The number of anilines is 1. The molecule has 3 aromatic heterocycles. The molecule has 0 saturated carbocycles. The maximum Gasteiger partial charge on any atom is 0.277 e. The summed E-state index contributed by atoms with van der Waals surface area (Å²) in [5, 5.41) is 11.5. The van der Waals surface area contributed by atoms with Crippen LogP contribution in [0.25, 0.3) is 22.4 Å². The second-order valence-corrected chi connectivity index (χ2v) is 22.3. The number of likely N-dealkylation sites (tertiary alicyclic amines) is 2. The third kappa shape index (κ3) is 13.9. The van der Waals surface area contributed by atoms with Gasteiger partial charge in [-0.3, -0.25) is 23.7 Å². The molecule has 6 N–H and O–H groups in total. The van der Waals surface area contributed by atoms with Gasteiger partial charge in [0.15, 0.2) is 5.52 Å². The number of benzene rings is 2. The summed E-state index contributed by atoms with van der Waals surface area (Å²) in [5.74, 6) is -0.389. The van der Waals surface area contributed by atoms with Crippen molar-refractivity contribution >= 4 is 48.6 Å². The molecule has 7 rings (SSSR count). The second-order valence-electron chi connectivity index (χ2n) is 18.7. The van der Waals surface area contributed by atoms with Gasteiger partial charge < -0.3 is 35.3 Å². The number of carbonyl (C=O) groups excluding carboxylic acids is 2. The number of aromatic nitrogens is 6. The number of nitrogens with zero attached hydrogens (tertiary/aromatic N) is 7. The van der Waals surface area contributed by atoms with E-state index < -0.39 is 31.9 Å². The van der Waals surface area contributed by atoms with E-state index in [9.17, 15) is 31.2 Å². The van der Waals surface area contributed by atoms with Gasteiger partial charge in [0.2, 0.25) is 20.0 Å². The van der Waals surface area contributed by atoms with Gasteiger partial charge in [0, 0.05) is 39.3 Å². The van der Waals surface area contributed by atoms with Crippen LogP contribution >= 0.6 is 0 Å². The summed E-state index contributed by atoms with van der Waals surface area (Å²) >= 11 is 0. The lowest BCUT2D eigenvalue weighted by Crippen LogP contribution is -2.32. The lowest BCUT2D eigenvalue weighted by Gasteiger charge is -2.19. The molecule has 2 amide bonds. The Hall–Kier alpha value is -5.72. The van der Waals surface area contributed by atoms with E-state index in [2.05, 4.69) is 46.8 Å². The molecule has 2 aliphatic heterocycles. The number of aryl methyl sites for hydroxylation is 4. The van der Waals surface area contributed by atoms with E-state index in [-0.39, 0.29) is 43.9 Å². The number of fused-ring (bicyclic) bond motifs is 1. The zero-order valence-corrected chi connectivity index (χ0v) is 45.2. The van der Waals surface area contributed by atoms with Crippen LogP contribution in [0.15, 0.2) is 51.0 Å². The van der Waals surface area contributed by atoms with Crippen LogP contribution in [0.1, 0.15) is 124 Å². The van der Waals surface area contributed by atoms with E-state index in [4.69, 9.17) is 20.2 Å². The van der Waals surface area contributed by atoms with Gasteiger partial charge in [0.05, 0.1) is 51.2 Å². The summed E-state index contributed by atoms with van der Waals surface area (Å²) in [4.78, 5) is 50.6. The lowest BCUT2D eigenvalue weighted by atomic mass is 10.1. The molecule has 23 heteroatoms. The van der Waals surface area contributed by atoms with Crippen molar-refractivity contribution in [1.29, 1.82) is 0 Å². The number of carbonyl (C=O) groups is 2. The van der Waals surface area contributed by atoms with Crippen LogP contribution in [0.4, 0.5) is 5.69 Å². The van der Waals surface area contributed by atoms with Gasteiger partial charge in [-0.15, -0.1) is 0 Å². The molecule has 5 aromatic rings. The molecule has 2 fully saturated rings. The number of ether oxygens (including phenoxy) is 2. The summed E-state index contributed by atoms with van der Waals surface area (Å²) in [6.45, 7) is 11.4. The number of H-pyrrole nitrogens is 1. The minimum atomic E-state index is -3.86. The maximum atomic E-state index is 13.4. The molecule has 21 nitrogen and oxygen atoms in total. The molecule has 2 unspecified atom stereocenters. The van der Waals surface area contributed by atoms with Crippen molar-refractivity contribution in [2.24, 2.45) is 19.8 Å². The third-order valence-electron chi connectivity index (χ3n) is 13.2. The number of nitrogens with one attached hydrogen (secondary N) is 4. The molecule has 2 aliphatic rings. The Kier molecular flexibility index (Phi) is 19.7. The number of primary amides is 1.